The van der Waals surface area contributed by atoms with Crippen LogP contribution in [0.25, 0.3) is 6.08 Å². The van der Waals surface area contributed by atoms with Crippen LogP contribution >= 0.6 is 11.8 Å². The van der Waals surface area contributed by atoms with Gasteiger partial charge in [-0.05, 0) is 54.6 Å². The molecule has 3 rings (SSSR count). The Morgan fingerprint density at radius 3 is 2.42 bits per heavy atom. The van der Waals surface area contributed by atoms with Crippen LogP contribution in [0.5, 0.6) is 5.75 Å². The van der Waals surface area contributed by atoms with Gasteiger partial charge < -0.3 is 14.8 Å². The zero-order chi connectivity index (χ0) is 22.4. The van der Waals surface area contributed by atoms with E-state index in [4.69, 9.17) is 4.74 Å². The molecule has 2 aromatic carbocycles. The van der Waals surface area contributed by atoms with Gasteiger partial charge in [0.05, 0.1) is 12.0 Å². The molecule has 8 nitrogen and oxygen atoms in total. The number of hydrogen-bond donors (Lipinski definition) is 1. The van der Waals surface area contributed by atoms with Gasteiger partial charge in [-0.25, -0.2) is 4.79 Å². The number of carbonyl (C=O) groups excluding carboxylic acids is 4. The van der Waals surface area contributed by atoms with E-state index in [0.717, 1.165) is 16.7 Å². The SMILES string of the molecule is COC(=O)C(C)N1C(=O)S/C(=C/c2ccc(OCC(=O)Nc3ccccc3)cc2)C1=O. The van der Waals surface area contributed by atoms with Crippen LogP contribution in [0, 0.1) is 0 Å². The minimum Gasteiger partial charge on any atom is -0.484 e. The molecule has 1 aliphatic rings. The first-order chi connectivity index (χ1) is 14.9. The van der Waals surface area contributed by atoms with Gasteiger partial charge in [-0.15, -0.1) is 0 Å². The summed E-state index contributed by atoms with van der Waals surface area (Å²) in [4.78, 5) is 49.4. The molecule has 9 heteroatoms. The fourth-order valence-electron chi connectivity index (χ4n) is 2.77. The molecule has 3 amide bonds. The summed E-state index contributed by atoms with van der Waals surface area (Å²) in [5.41, 5.74) is 1.35. The van der Waals surface area contributed by atoms with Crippen LogP contribution in [-0.2, 0) is 19.1 Å². The molecule has 0 spiro atoms. The Morgan fingerprint density at radius 2 is 1.77 bits per heavy atom. The molecule has 1 saturated heterocycles. The Balaban J connectivity index is 1.59. The molecular formula is C22H20N2O6S. The van der Waals surface area contributed by atoms with Crippen LogP contribution in [0.3, 0.4) is 0 Å². The number of anilines is 1. The molecule has 160 valence electrons. The van der Waals surface area contributed by atoms with E-state index in [2.05, 4.69) is 10.1 Å². The molecule has 1 fully saturated rings. The van der Waals surface area contributed by atoms with E-state index in [-0.39, 0.29) is 17.4 Å². The smallest absolute Gasteiger partial charge is 0.328 e. The number of carbonyl (C=O) groups is 4. The van der Waals surface area contributed by atoms with E-state index in [1.807, 2.05) is 18.2 Å². The summed E-state index contributed by atoms with van der Waals surface area (Å²) < 4.78 is 10.1. The number of methoxy groups -OCH3 is 1. The summed E-state index contributed by atoms with van der Waals surface area (Å²) in [6.07, 6.45) is 1.56. The highest BCUT2D eigenvalue weighted by Gasteiger charge is 2.41. The number of nitrogens with zero attached hydrogens (tertiary/aromatic N) is 1. The van der Waals surface area contributed by atoms with Crippen molar-refractivity contribution in [1.29, 1.82) is 0 Å². The molecule has 1 N–H and O–H groups in total. The van der Waals surface area contributed by atoms with E-state index in [0.29, 0.717) is 17.0 Å². The lowest BCUT2D eigenvalue weighted by molar-refractivity contribution is -0.148. The molecule has 2 aromatic rings. The lowest BCUT2D eigenvalue weighted by Gasteiger charge is -2.18. The standard InChI is InChI=1S/C22H20N2O6S/c1-14(21(27)29-2)24-20(26)18(31-22(24)28)12-15-8-10-17(11-9-15)30-13-19(25)23-16-6-4-3-5-7-16/h3-12,14H,13H2,1-2H3,(H,23,25)/b18-12+. The number of ether oxygens (including phenoxy) is 2. The molecule has 0 saturated carbocycles. The minimum atomic E-state index is -0.999. The molecule has 1 unspecified atom stereocenters. The first-order valence-corrected chi connectivity index (χ1v) is 10.1. The number of hydrogen-bond acceptors (Lipinski definition) is 7. The van der Waals surface area contributed by atoms with E-state index in [1.54, 1.807) is 42.5 Å². The van der Waals surface area contributed by atoms with Crippen LogP contribution < -0.4 is 10.1 Å². The number of imide groups is 1. The molecule has 1 heterocycles. The fraction of sp³-hybridized carbons (Fsp3) is 0.182. The highest BCUT2D eigenvalue weighted by Crippen LogP contribution is 2.34. The van der Waals surface area contributed by atoms with Gasteiger partial charge >= 0.3 is 5.97 Å². The van der Waals surface area contributed by atoms with Crippen LogP contribution in [0.2, 0.25) is 0 Å². The topological polar surface area (TPSA) is 102 Å². The predicted molar refractivity (Wildman–Crippen MR) is 116 cm³/mol. The van der Waals surface area contributed by atoms with Crippen molar-refractivity contribution in [2.24, 2.45) is 0 Å². The van der Waals surface area contributed by atoms with Crippen molar-refractivity contribution in [3.05, 3.63) is 65.1 Å². The lowest BCUT2D eigenvalue weighted by atomic mass is 10.2. The number of rotatable bonds is 7. The highest BCUT2D eigenvalue weighted by atomic mass is 32.2. The van der Waals surface area contributed by atoms with E-state index < -0.39 is 23.2 Å². The van der Waals surface area contributed by atoms with E-state index in [1.165, 1.54) is 14.0 Å². The second-order valence-corrected chi connectivity index (χ2v) is 7.52. The van der Waals surface area contributed by atoms with Gasteiger partial charge in [0.15, 0.2) is 6.61 Å². The molecule has 0 aliphatic carbocycles. The van der Waals surface area contributed by atoms with Crippen molar-refractivity contribution in [2.45, 2.75) is 13.0 Å². The Bertz CT molecular complexity index is 1020. The number of thioether (sulfide) groups is 1. The Kier molecular flexibility index (Phi) is 7.09. The van der Waals surface area contributed by atoms with Gasteiger partial charge in [0.2, 0.25) is 0 Å². The molecule has 31 heavy (non-hydrogen) atoms. The zero-order valence-electron chi connectivity index (χ0n) is 16.9. The van der Waals surface area contributed by atoms with Crippen molar-refractivity contribution >= 4 is 46.5 Å². The largest absolute Gasteiger partial charge is 0.484 e. The average Bonchev–Trinajstić information content (AvgIpc) is 3.05. The van der Waals surface area contributed by atoms with Crippen LogP contribution in [0.15, 0.2) is 59.5 Å². The van der Waals surface area contributed by atoms with Crippen molar-refractivity contribution in [3.8, 4) is 5.75 Å². The van der Waals surface area contributed by atoms with E-state index >= 15 is 0 Å². The zero-order valence-corrected chi connectivity index (χ0v) is 17.7. The third kappa shape index (κ3) is 5.52. The number of esters is 1. The number of amides is 3. The predicted octanol–water partition coefficient (Wildman–Crippen LogP) is 3.30. The van der Waals surface area contributed by atoms with Gasteiger partial charge in [-0.1, -0.05) is 30.3 Å². The molecule has 0 bridgehead atoms. The monoisotopic (exact) mass is 440 g/mol. The Morgan fingerprint density at radius 1 is 1.10 bits per heavy atom. The van der Waals surface area contributed by atoms with Crippen molar-refractivity contribution in [3.63, 3.8) is 0 Å². The van der Waals surface area contributed by atoms with Crippen LogP contribution in [-0.4, -0.2) is 47.7 Å². The fourth-order valence-corrected chi connectivity index (χ4v) is 3.68. The molecule has 1 aliphatic heterocycles. The molecular weight excluding hydrogens is 420 g/mol. The molecule has 1 atom stereocenters. The number of para-hydroxylation sites is 1. The first kappa shape index (κ1) is 22.1. The third-order valence-electron chi connectivity index (χ3n) is 4.36. The Hall–Kier alpha value is -3.59. The van der Waals surface area contributed by atoms with Gasteiger partial charge in [0, 0.05) is 5.69 Å². The highest BCUT2D eigenvalue weighted by molar-refractivity contribution is 8.18. The minimum absolute atomic E-state index is 0.154. The second kappa shape index (κ2) is 9.94. The normalized spacial score (nSPS) is 15.7. The van der Waals surface area contributed by atoms with Gasteiger partial charge in [-0.2, -0.15) is 0 Å². The maximum atomic E-state index is 12.5. The third-order valence-corrected chi connectivity index (χ3v) is 5.24. The number of nitrogens with one attached hydrogen (secondary N) is 1. The van der Waals surface area contributed by atoms with Crippen molar-refractivity contribution in [2.75, 3.05) is 19.0 Å². The van der Waals surface area contributed by atoms with Crippen LogP contribution in [0.1, 0.15) is 12.5 Å². The van der Waals surface area contributed by atoms with Gasteiger partial charge in [-0.3, -0.25) is 19.3 Å². The summed E-state index contributed by atoms with van der Waals surface area (Å²) in [6.45, 7) is 1.28. The summed E-state index contributed by atoms with van der Waals surface area (Å²) in [6, 6.07) is 14.8. The summed E-state index contributed by atoms with van der Waals surface area (Å²) in [5, 5.41) is 2.19. The maximum absolute atomic E-state index is 12.5. The summed E-state index contributed by atoms with van der Waals surface area (Å²) in [5.74, 6) is -1.02. The summed E-state index contributed by atoms with van der Waals surface area (Å²) >= 11 is 0.759. The van der Waals surface area contributed by atoms with E-state index in [9.17, 15) is 19.2 Å². The Labute approximate surface area is 183 Å². The average molecular weight is 440 g/mol. The van der Waals surface area contributed by atoms with Crippen molar-refractivity contribution < 1.29 is 28.7 Å². The van der Waals surface area contributed by atoms with Crippen molar-refractivity contribution in [1.82, 2.24) is 4.90 Å². The molecule has 0 aromatic heterocycles. The second-order valence-electron chi connectivity index (χ2n) is 6.52. The summed E-state index contributed by atoms with van der Waals surface area (Å²) in [7, 11) is 1.20. The maximum Gasteiger partial charge on any atom is 0.328 e. The first-order valence-electron chi connectivity index (χ1n) is 9.31. The van der Waals surface area contributed by atoms with Crippen LogP contribution in [0.4, 0.5) is 10.5 Å². The van der Waals surface area contributed by atoms with Gasteiger partial charge in [0.25, 0.3) is 17.1 Å². The molecule has 0 radical (unpaired) electrons. The van der Waals surface area contributed by atoms with Gasteiger partial charge in [0.1, 0.15) is 11.8 Å². The quantitative estimate of drug-likeness (QED) is 0.521. The number of benzene rings is 2. The lowest BCUT2D eigenvalue weighted by Crippen LogP contribution is -2.42.